The molecule has 0 radical (unpaired) electrons. The van der Waals surface area contributed by atoms with Crippen molar-refractivity contribution in [2.24, 2.45) is 0 Å². The van der Waals surface area contributed by atoms with Crippen LogP contribution in [-0.2, 0) is 6.54 Å². The minimum Gasteiger partial charge on any atom is -0.512 e. The predicted molar refractivity (Wildman–Crippen MR) is 94.5 cm³/mol. The number of pyridine rings is 1. The Labute approximate surface area is 139 Å². The van der Waals surface area contributed by atoms with E-state index in [4.69, 9.17) is 0 Å². The van der Waals surface area contributed by atoms with E-state index in [9.17, 15) is 14.7 Å². The normalized spacial score (nSPS) is 11.6. The van der Waals surface area contributed by atoms with Crippen molar-refractivity contribution in [3.05, 3.63) is 94.0 Å². The number of rotatable bonds is 4. The van der Waals surface area contributed by atoms with E-state index in [1.54, 1.807) is 18.3 Å². The molecule has 0 fully saturated rings. The minimum absolute atomic E-state index is 0.0537. The first-order valence-corrected chi connectivity index (χ1v) is 7.64. The third-order valence-electron chi connectivity index (χ3n) is 3.79. The molecule has 0 unspecified atom stereocenters. The number of hydrogen-bond donors (Lipinski definition) is 1. The summed E-state index contributed by atoms with van der Waals surface area (Å²) in [5, 5.41) is 9.81. The molecule has 4 nitrogen and oxygen atoms in total. The fraction of sp³-hybridized carbons (Fsp3) is 0.100. The molecule has 2 aromatic carbocycles. The van der Waals surface area contributed by atoms with Gasteiger partial charge in [-0.1, -0.05) is 42.5 Å². The van der Waals surface area contributed by atoms with Gasteiger partial charge in [0.1, 0.15) is 0 Å². The van der Waals surface area contributed by atoms with Gasteiger partial charge in [-0.15, -0.1) is 0 Å². The lowest BCUT2D eigenvalue weighted by atomic mass is 10.1. The van der Waals surface area contributed by atoms with E-state index in [1.807, 2.05) is 47.0 Å². The number of aromatic nitrogens is 1. The Hall–Kier alpha value is -3.14. The van der Waals surface area contributed by atoms with E-state index in [-0.39, 0.29) is 16.8 Å². The quantitative estimate of drug-likeness (QED) is 0.453. The third-order valence-corrected chi connectivity index (χ3v) is 3.79. The molecule has 0 aliphatic heterocycles. The van der Waals surface area contributed by atoms with Gasteiger partial charge in [0.2, 0.25) is 5.43 Å². The molecule has 0 amide bonds. The maximum absolute atomic E-state index is 12.6. The molecule has 0 aliphatic carbocycles. The van der Waals surface area contributed by atoms with Gasteiger partial charge < -0.3 is 9.67 Å². The summed E-state index contributed by atoms with van der Waals surface area (Å²) in [4.78, 5) is 24.9. The second kappa shape index (κ2) is 6.54. The highest BCUT2D eigenvalue weighted by Crippen LogP contribution is 2.15. The summed E-state index contributed by atoms with van der Waals surface area (Å²) < 4.78 is 1.89. The summed E-state index contributed by atoms with van der Waals surface area (Å²) in [6.07, 6.45) is 2.64. The van der Waals surface area contributed by atoms with Crippen LogP contribution in [0, 0.1) is 0 Å². The largest absolute Gasteiger partial charge is 0.512 e. The topological polar surface area (TPSA) is 59.3 Å². The molecule has 0 atom stereocenters. The molecule has 120 valence electrons. The molecule has 0 aliphatic rings. The molecule has 0 spiro atoms. The highest BCUT2D eigenvalue weighted by atomic mass is 16.3. The van der Waals surface area contributed by atoms with Crippen molar-refractivity contribution in [1.29, 1.82) is 0 Å². The number of allylic oxidation sites excluding steroid dienone is 2. The Balaban J connectivity index is 2.21. The fourth-order valence-electron chi connectivity index (χ4n) is 2.70. The lowest BCUT2D eigenvalue weighted by Crippen LogP contribution is -2.18. The van der Waals surface area contributed by atoms with E-state index in [2.05, 4.69) is 0 Å². The second-order valence-corrected chi connectivity index (χ2v) is 5.65. The van der Waals surface area contributed by atoms with Crippen molar-refractivity contribution in [2.45, 2.75) is 13.5 Å². The minimum atomic E-state index is -0.493. The average Bonchev–Trinajstić information content (AvgIpc) is 2.58. The van der Waals surface area contributed by atoms with Crippen LogP contribution in [0.5, 0.6) is 0 Å². The summed E-state index contributed by atoms with van der Waals surface area (Å²) in [5.74, 6) is -0.616. The highest BCUT2D eigenvalue weighted by molar-refractivity contribution is 6.06. The predicted octanol–water partition coefficient (Wildman–Crippen LogP) is 3.69. The second-order valence-electron chi connectivity index (χ2n) is 5.65. The molecule has 3 aromatic rings. The molecular weight excluding hydrogens is 302 g/mol. The number of fused-ring (bicyclic) bond motifs is 1. The standard InChI is InChI=1S/C20H17NO3/c1-14(22)11-19(23)17-13-21(12-15-7-3-2-4-8-15)18-10-6-5-9-16(18)20(17)24/h2-11,13,22H,12H2,1H3/b14-11-. The number of aliphatic hydroxyl groups excluding tert-OH is 1. The van der Waals surface area contributed by atoms with Gasteiger partial charge in [-0.2, -0.15) is 0 Å². The van der Waals surface area contributed by atoms with Crippen LogP contribution in [0.4, 0.5) is 0 Å². The molecule has 24 heavy (non-hydrogen) atoms. The zero-order valence-electron chi connectivity index (χ0n) is 13.3. The number of para-hydroxylation sites is 1. The van der Waals surface area contributed by atoms with Crippen molar-refractivity contribution < 1.29 is 9.90 Å². The van der Waals surface area contributed by atoms with Crippen LogP contribution in [0.25, 0.3) is 10.9 Å². The zero-order valence-corrected chi connectivity index (χ0v) is 13.3. The Bertz CT molecular complexity index is 981. The van der Waals surface area contributed by atoms with Crippen molar-refractivity contribution in [3.63, 3.8) is 0 Å². The van der Waals surface area contributed by atoms with Crippen LogP contribution in [0.3, 0.4) is 0 Å². The Morgan fingerprint density at radius 1 is 1.08 bits per heavy atom. The van der Waals surface area contributed by atoms with Gasteiger partial charge in [0.05, 0.1) is 16.8 Å². The number of ketones is 1. The van der Waals surface area contributed by atoms with E-state index in [1.165, 1.54) is 6.92 Å². The molecule has 1 heterocycles. The lowest BCUT2D eigenvalue weighted by molar-refractivity contribution is 0.104. The first kappa shape index (κ1) is 15.7. The highest BCUT2D eigenvalue weighted by Gasteiger charge is 2.14. The molecule has 0 saturated carbocycles. The van der Waals surface area contributed by atoms with Gasteiger partial charge in [0.25, 0.3) is 0 Å². The third kappa shape index (κ3) is 3.13. The van der Waals surface area contributed by atoms with E-state index >= 15 is 0 Å². The summed E-state index contributed by atoms with van der Waals surface area (Å²) in [7, 11) is 0. The number of aliphatic hydroxyl groups is 1. The van der Waals surface area contributed by atoms with Crippen LogP contribution >= 0.6 is 0 Å². The molecule has 3 rings (SSSR count). The lowest BCUT2D eigenvalue weighted by Gasteiger charge is -2.13. The average molecular weight is 319 g/mol. The molecule has 0 bridgehead atoms. The van der Waals surface area contributed by atoms with Crippen LogP contribution in [0.1, 0.15) is 22.8 Å². The number of carbonyl (C=O) groups is 1. The molecule has 4 heteroatoms. The van der Waals surface area contributed by atoms with E-state index in [0.29, 0.717) is 11.9 Å². The maximum atomic E-state index is 12.6. The zero-order chi connectivity index (χ0) is 17.1. The van der Waals surface area contributed by atoms with Gasteiger partial charge in [0, 0.05) is 24.2 Å². The summed E-state index contributed by atoms with van der Waals surface area (Å²) in [6.45, 7) is 1.95. The van der Waals surface area contributed by atoms with Gasteiger partial charge in [-0.3, -0.25) is 9.59 Å². The fourth-order valence-corrected chi connectivity index (χ4v) is 2.70. The first-order valence-electron chi connectivity index (χ1n) is 7.64. The SMILES string of the molecule is C/C(O)=C/C(=O)c1cn(Cc2ccccc2)c2ccccc2c1=O. The first-order chi connectivity index (χ1) is 11.6. The molecular formula is C20H17NO3. The molecule has 0 saturated heterocycles. The van der Waals surface area contributed by atoms with Gasteiger partial charge in [0.15, 0.2) is 5.78 Å². The Kier molecular flexibility index (Phi) is 4.29. The number of nitrogens with zero attached hydrogens (tertiary/aromatic N) is 1. The van der Waals surface area contributed by atoms with Crippen LogP contribution in [0.15, 0.2) is 77.4 Å². The van der Waals surface area contributed by atoms with Crippen LogP contribution in [0.2, 0.25) is 0 Å². The van der Waals surface area contributed by atoms with Crippen LogP contribution < -0.4 is 5.43 Å². The van der Waals surface area contributed by atoms with Gasteiger partial charge >= 0.3 is 0 Å². The van der Waals surface area contributed by atoms with Crippen molar-refractivity contribution in [1.82, 2.24) is 4.57 Å². The Morgan fingerprint density at radius 3 is 2.46 bits per heavy atom. The summed E-state index contributed by atoms with van der Waals surface area (Å²) in [6, 6.07) is 17.0. The summed E-state index contributed by atoms with van der Waals surface area (Å²) >= 11 is 0. The molecule has 1 aromatic heterocycles. The van der Waals surface area contributed by atoms with Gasteiger partial charge in [-0.25, -0.2) is 0 Å². The van der Waals surface area contributed by atoms with Gasteiger partial charge in [-0.05, 0) is 24.6 Å². The number of hydrogen-bond acceptors (Lipinski definition) is 3. The summed E-state index contributed by atoms with van der Waals surface area (Å²) in [5.41, 5.74) is 1.57. The van der Waals surface area contributed by atoms with Crippen molar-refractivity contribution >= 4 is 16.7 Å². The smallest absolute Gasteiger partial charge is 0.200 e. The van der Waals surface area contributed by atoms with E-state index < -0.39 is 5.78 Å². The number of benzene rings is 2. The molecule has 1 N–H and O–H groups in total. The van der Waals surface area contributed by atoms with Crippen molar-refractivity contribution in [3.8, 4) is 0 Å². The monoisotopic (exact) mass is 319 g/mol. The van der Waals surface area contributed by atoms with E-state index in [0.717, 1.165) is 17.2 Å². The van der Waals surface area contributed by atoms with Crippen molar-refractivity contribution in [2.75, 3.05) is 0 Å². The maximum Gasteiger partial charge on any atom is 0.200 e. The number of carbonyl (C=O) groups excluding carboxylic acids is 1. The Morgan fingerprint density at radius 2 is 1.75 bits per heavy atom. The van der Waals surface area contributed by atoms with Crippen LogP contribution in [-0.4, -0.2) is 15.5 Å².